The molecule has 100 valence electrons. The number of nitrogen functional groups attached to an aromatic ring is 1. The van der Waals surface area contributed by atoms with Crippen molar-refractivity contribution in [3.05, 3.63) is 29.3 Å². The molecule has 18 heavy (non-hydrogen) atoms. The summed E-state index contributed by atoms with van der Waals surface area (Å²) in [5.74, 6) is -0.0461. The van der Waals surface area contributed by atoms with Crippen LogP contribution in [0.5, 0.6) is 0 Å². The number of nitrogens with zero attached hydrogens (tertiary/aromatic N) is 1. The van der Waals surface area contributed by atoms with E-state index in [1.165, 1.54) is 0 Å². The van der Waals surface area contributed by atoms with Gasteiger partial charge in [-0.3, -0.25) is 4.79 Å². The Morgan fingerprint density at radius 3 is 2.67 bits per heavy atom. The molecule has 0 radical (unpaired) electrons. The Morgan fingerprint density at radius 2 is 2.11 bits per heavy atom. The summed E-state index contributed by atoms with van der Waals surface area (Å²) in [6.07, 6.45) is 0. The van der Waals surface area contributed by atoms with Crippen LogP contribution in [0.4, 0.5) is 5.69 Å². The van der Waals surface area contributed by atoms with Gasteiger partial charge in [0.1, 0.15) is 0 Å². The lowest BCUT2D eigenvalue weighted by Gasteiger charge is -2.20. The van der Waals surface area contributed by atoms with Crippen molar-refractivity contribution in [2.75, 3.05) is 25.9 Å². The predicted octanol–water partition coefficient (Wildman–Crippen LogP) is 1.65. The quantitative estimate of drug-likeness (QED) is 0.780. The predicted molar refractivity (Wildman–Crippen MR) is 75.7 cm³/mol. The maximum atomic E-state index is 11.9. The van der Waals surface area contributed by atoms with Crippen molar-refractivity contribution in [3.8, 4) is 0 Å². The van der Waals surface area contributed by atoms with E-state index in [1.54, 1.807) is 12.1 Å². The van der Waals surface area contributed by atoms with Crippen LogP contribution in [-0.4, -0.2) is 37.0 Å². The smallest absolute Gasteiger partial charge is 0.251 e. The zero-order valence-electron chi connectivity index (χ0n) is 11.7. The maximum absolute atomic E-state index is 11.9. The third kappa shape index (κ3) is 4.04. The molecule has 1 rings (SSSR count). The lowest BCUT2D eigenvalue weighted by atomic mass is 10.1. The van der Waals surface area contributed by atoms with Crippen LogP contribution < -0.4 is 11.1 Å². The fourth-order valence-corrected chi connectivity index (χ4v) is 1.52. The first kappa shape index (κ1) is 14.5. The molecule has 0 atom stereocenters. The van der Waals surface area contributed by atoms with Crippen LogP contribution in [-0.2, 0) is 0 Å². The molecule has 0 heterocycles. The topological polar surface area (TPSA) is 58.4 Å². The number of likely N-dealkylation sites (N-methyl/N-ethyl adjacent to an activating group) is 1. The van der Waals surface area contributed by atoms with Gasteiger partial charge in [0.05, 0.1) is 0 Å². The van der Waals surface area contributed by atoms with E-state index < -0.39 is 0 Å². The second-order valence-corrected chi connectivity index (χ2v) is 4.90. The third-order valence-electron chi connectivity index (χ3n) is 3.16. The standard InChI is InChI=1S/C14H23N3O/c1-10(2)17(4)8-7-16-14(18)12-5-6-13(15)11(3)9-12/h5-6,9-10H,7-8,15H2,1-4H3,(H,16,18). The number of amides is 1. The van der Waals surface area contributed by atoms with Crippen molar-refractivity contribution >= 4 is 11.6 Å². The van der Waals surface area contributed by atoms with Crippen molar-refractivity contribution in [3.63, 3.8) is 0 Å². The molecular formula is C14H23N3O. The van der Waals surface area contributed by atoms with E-state index in [0.717, 1.165) is 12.1 Å². The minimum Gasteiger partial charge on any atom is -0.399 e. The Hall–Kier alpha value is -1.55. The van der Waals surface area contributed by atoms with Crippen molar-refractivity contribution in [2.45, 2.75) is 26.8 Å². The van der Waals surface area contributed by atoms with Gasteiger partial charge in [0.25, 0.3) is 5.91 Å². The van der Waals surface area contributed by atoms with Crippen LogP contribution in [0.2, 0.25) is 0 Å². The zero-order chi connectivity index (χ0) is 13.7. The van der Waals surface area contributed by atoms with Crippen LogP contribution in [0.1, 0.15) is 29.8 Å². The lowest BCUT2D eigenvalue weighted by molar-refractivity contribution is 0.0948. The summed E-state index contributed by atoms with van der Waals surface area (Å²) in [6, 6.07) is 5.83. The van der Waals surface area contributed by atoms with E-state index >= 15 is 0 Å². The van der Waals surface area contributed by atoms with Crippen LogP contribution in [0.25, 0.3) is 0 Å². The highest BCUT2D eigenvalue weighted by Gasteiger charge is 2.07. The monoisotopic (exact) mass is 249 g/mol. The Labute approximate surface area is 109 Å². The van der Waals surface area contributed by atoms with Crippen LogP contribution >= 0.6 is 0 Å². The lowest BCUT2D eigenvalue weighted by Crippen LogP contribution is -2.36. The molecule has 0 spiro atoms. The van der Waals surface area contributed by atoms with E-state index in [4.69, 9.17) is 5.73 Å². The molecule has 0 aromatic heterocycles. The largest absolute Gasteiger partial charge is 0.399 e. The average Bonchev–Trinajstić information content (AvgIpc) is 2.32. The van der Waals surface area contributed by atoms with Gasteiger partial charge in [0.2, 0.25) is 0 Å². The summed E-state index contributed by atoms with van der Waals surface area (Å²) in [4.78, 5) is 14.1. The summed E-state index contributed by atoms with van der Waals surface area (Å²) in [5.41, 5.74) is 8.03. The molecule has 0 saturated heterocycles. The number of anilines is 1. The first-order valence-electron chi connectivity index (χ1n) is 6.26. The SMILES string of the molecule is Cc1cc(C(=O)NCCN(C)C(C)C)ccc1N. The molecule has 0 bridgehead atoms. The highest BCUT2D eigenvalue weighted by Crippen LogP contribution is 2.12. The van der Waals surface area contributed by atoms with E-state index in [2.05, 4.69) is 24.1 Å². The normalized spacial score (nSPS) is 11.0. The number of nitrogens with one attached hydrogen (secondary N) is 1. The number of nitrogens with two attached hydrogens (primary N) is 1. The van der Waals surface area contributed by atoms with E-state index in [-0.39, 0.29) is 5.91 Å². The Kier molecular flexibility index (Phi) is 5.16. The average molecular weight is 249 g/mol. The highest BCUT2D eigenvalue weighted by molar-refractivity contribution is 5.94. The summed E-state index contributed by atoms with van der Waals surface area (Å²) in [5, 5.41) is 2.91. The van der Waals surface area contributed by atoms with E-state index in [9.17, 15) is 4.79 Å². The van der Waals surface area contributed by atoms with Gasteiger partial charge in [-0.15, -0.1) is 0 Å². The molecule has 4 nitrogen and oxygen atoms in total. The van der Waals surface area contributed by atoms with Gasteiger partial charge in [0.15, 0.2) is 0 Å². The molecule has 0 saturated carbocycles. The molecule has 0 unspecified atom stereocenters. The zero-order valence-corrected chi connectivity index (χ0v) is 11.7. The van der Waals surface area contributed by atoms with E-state index in [1.807, 2.05) is 20.0 Å². The Morgan fingerprint density at radius 1 is 1.44 bits per heavy atom. The van der Waals surface area contributed by atoms with E-state index in [0.29, 0.717) is 23.8 Å². The number of carbonyl (C=O) groups excluding carboxylic acids is 1. The summed E-state index contributed by atoms with van der Waals surface area (Å²) < 4.78 is 0. The number of benzene rings is 1. The summed E-state index contributed by atoms with van der Waals surface area (Å²) >= 11 is 0. The van der Waals surface area contributed by atoms with Gasteiger partial charge >= 0.3 is 0 Å². The second kappa shape index (κ2) is 6.40. The van der Waals surface area contributed by atoms with Gasteiger partial charge < -0.3 is 16.0 Å². The van der Waals surface area contributed by atoms with Crippen LogP contribution in [0, 0.1) is 6.92 Å². The molecule has 0 aliphatic heterocycles. The Bertz CT molecular complexity index is 416. The molecule has 1 aromatic carbocycles. The Balaban J connectivity index is 2.48. The van der Waals surface area contributed by atoms with Crippen LogP contribution in [0.15, 0.2) is 18.2 Å². The number of hydrogen-bond donors (Lipinski definition) is 2. The van der Waals surface area contributed by atoms with Gasteiger partial charge in [-0.05, 0) is 51.6 Å². The molecule has 0 aliphatic rings. The highest BCUT2D eigenvalue weighted by atomic mass is 16.1. The van der Waals surface area contributed by atoms with Gasteiger partial charge in [-0.1, -0.05) is 0 Å². The molecule has 1 amide bonds. The van der Waals surface area contributed by atoms with Crippen molar-refractivity contribution in [2.24, 2.45) is 0 Å². The van der Waals surface area contributed by atoms with Crippen LogP contribution in [0.3, 0.4) is 0 Å². The number of hydrogen-bond acceptors (Lipinski definition) is 3. The second-order valence-electron chi connectivity index (χ2n) is 4.90. The fraction of sp³-hybridized carbons (Fsp3) is 0.500. The number of aryl methyl sites for hydroxylation is 1. The first-order valence-corrected chi connectivity index (χ1v) is 6.26. The fourth-order valence-electron chi connectivity index (χ4n) is 1.52. The maximum Gasteiger partial charge on any atom is 0.251 e. The van der Waals surface area contributed by atoms with Gasteiger partial charge in [-0.25, -0.2) is 0 Å². The number of carbonyl (C=O) groups is 1. The molecular weight excluding hydrogens is 226 g/mol. The molecule has 1 aromatic rings. The molecule has 0 fully saturated rings. The van der Waals surface area contributed by atoms with Crippen molar-refractivity contribution < 1.29 is 4.79 Å². The molecule has 3 N–H and O–H groups in total. The van der Waals surface area contributed by atoms with Gasteiger partial charge in [-0.2, -0.15) is 0 Å². The minimum atomic E-state index is -0.0461. The summed E-state index contributed by atoms with van der Waals surface area (Å²) in [7, 11) is 2.05. The van der Waals surface area contributed by atoms with Gasteiger partial charge in [0, 0.05) is 30.4 Å². The molecule has 0 aliphatic carbocycles. The third-order valence-corrected chi connectivity index (χ3v) is 3.16. The van der Waals surface area contributed by atoms with Crippen molar-refractivity contribution in [1.82, 2.24) is 10.2 Å². The van der Waals surface area contributed by atoms with Crippen molar-refractivity contribution in [1.29, 1.82) is 0 Å². The molecule has 4 heteroatoms. The first-order chi connectivity index (χ1) is 8.41. The summed E-state index contributed by atoms with van der Waals surface area (Å²) in [6.45, 7) is 7.66. The number of rotatable bonds is 5. The minimum absolute atomic E-state index is 0.0461.